The maximum Gasteiger partial charge on any atom is 0.348 e. The Balaban J connectivity index is 4.04. The molecule has 0 aliphatic heterocycles. The van der Waals surface area contributed by atoms with Crippen LogP contribution in [0.25, 0.3) is 0 Å². The first-order valence-corrected chi connectivity index (χ1v) is 15.6. The predicted molar refractivity (Wildman–Crippen MR) is 144 cm³/mol. The van der Waals surface area contributed by atoms with E-state index in [1.807, 2.05) is 12.1 Å². The molecule has 0 heterocycles. The quantitative estimate of drug-likeness (QED) is 0.237. The number of benzene rings is 1. The number of hydrogen-bond acceptors (Lipinski definition) is 7. The van der Waals surface area contributed by atoms with Gasteiger partial charge in [-0.25, -0.2) is 0 Å². The van der Waals surface area contributed by atoms with E-state index >= 15 is 0 Å². The lowest BCUT2D eigenvalue weighted by Gasteiger charge is -2.40. The van der Waals surface area contributed by atoms with Gasteiger partial charge in [0, 0.05) is 17.5 Å². The highest BCUT2D eigenvalue weighted by atomic mass is 31.2. The Morgan fingerprint density at radius 3 is 1.20 bits per heavy atom. The van der Waals surface area contributed by atoms with Gasteiger partial charge in [-0.1, -0.05) is 53.7 Å². The Morgan fingerprint density at radius 1 is 0.657 bits per heavy atom. The molecule has 1 aromatic carbocycles. The summed E-state index contributed by atoms with van der Waals surface area (Å²) in [4.78, 5) is -1.57. The fourth-order valence-corrected chi connectivity index (χ4v) is 9.43. The molecular formula is C26H48O7P2. The van der Waals surface area contributed by atoms with E-state index in [4.69, 9.17) is 22.8 Å². The maximum atomic E-state index is 14.3. The van der Waals surface area contributed by atoms with E-state index in [2.05, 4.69) is 41.5 Å². The van der Waals surface area contributed by atoms with Crippen molar-refractivity contribution in [1.29, 1.82) is 0 Å². The summed E-state index contributed by atoms with van der Waals surface area (Å²) >= 11 is 0. The van der Waals surface area contributed by atoms with Gasteiger partial charge in [0.15, 0.2) is 4.90 Å². The van der Waals surface area contributed by atoms with E-state index in [-0.39, 0.29) is 43.7 Å². The molecule has 0 fully saturated rings. The highest BCUT2D eigenvalue weighted by Gasteiger charge is 2.62. The second-order valence-corrected chi connectivity index (χ2v) is 16.1. The summed E-state index contributed by atoms with van der Waals surface area (Å²) in [5, 5.41) is 0. The molecule has 0 N–H and O–H groups in total. The Kier molecular flexibility index (Phi) is 11.3. The highest BCUT2D eigenvalue weighted by Crippen LogP contribution is 2.78. The van der Waals surface area contributed by atoms with E-state index in [0.29, 0.717) is 0 Å². The highest BCUT2D eigenvalue weighted by molar-refractivity contribution is 7.74. The number of ether oxygens (including phenoxy) is 1. The number of rotatable bonds is 13. The van der Waals surface area contributed by atoms with Gasteiger partial charge < -0.3 is 22.8 Å². The van der Waals surface area contributed by atoms with Crippen LogP contribution in [-0.2, 0) is 44.5 Å². The van der Waals surface area contributed by atoms with E-state index in [0.717, 1.165) is 22.4 Å². The first kappa shape index (κ1) is 32.3. The molecule has 0 aromatic heterocycles. The summed E-state index contributed by atoms with van der Waals surface area (Å²) in [6, 6.07) is 4.08. The standard InChI is InChI=1S/C26H48O7P2/c1-13-30-34(27,31-14-2)26(11,35(28,32-15-3)33-16-4)19-20-17-21(24(5,6)7)23(29-12)22(18-20)25(8,9)10/h17-18H,13-16,19H2,1-12H3. The lowest BCUT2D eigenvalue weighted by Crippen LogP contribution is -2.33. The number of hydrogen-bond donors (Lipinski definition) is 0. The molecule has 0 radical (unpaired) electrons. The minimum atomic E-state index is -3.96. The van der Waals surface area contributed by atoms with Gasteiger partial charge in [-0.2, -0.15) is 0 Å². The molecular weight excluding hydrogens is 486 g/mol. The van der Waals surface area contributed by atoms with E-state index in [1.165, 1.54) is 0 Å². The van der Waals surface area contributed by atoms with E-state index < -0.39 is 20.1 Å². The summed E-state index contributed by atoms with van der Waals surface area (Å²) in [6.45, 7) is 21.9. The molecule has 0 saturated heterocycles. The first-order valence-electron chi connectivity index (χ1n) is 12.5. The van der Waals surface area contributed by atoms with Crippen molar-refractivity contribution in [2.24, 2.45) is 0 Å². The SMILES string of the molecule is CCOP(=O)(OCC)C(C)(Cc1cc(C(C)(C)C)c(OC)c(C(C)(C)C)c1)P(=O)(OCC)OCC. The van der Waals surface area contributed by atoms with Gasteiger partial charge in [-0.15, -0.1) is 0 Å². The van der Waals surface area contributed by atoms with Crippen LogP contribution in [0.1, 0.15) is 92.9 Å². The summed E-state index contributed by atoms with van der Waals surface area (Å²) in [5.41, 5.74) is 2.39. The number of methoxy groups -OCH3 is 1. The van der Waals surface area contributed by atoms with Gasteiger partial charge in [0.2, 0.25) is 0 Å². The molecule has 35 heavy (non-hydrogen) atoms. The zero-order valence-corrected chi connectivity index (χ0v) is 25.7. The largest absolute Gasteiger partial charge is 0.496 e. The smallest absolute Gasteiger partial charge is 0.348 e. The summed E-state index contributed by atoms with van der Waals surface area (Å²) < 4.78 is 57.6. The second-order valence-electron chi connectivity index (χ2n) is 10.8. The van der Waals surface area contributed by atoms with Crippen molar-refractivity contribution in [1.82, 2.24) is 0 Å². The van der Waals surface area contributed by atoms with Crippen LogP contribution in [0.5, 0.6) is 5.75 Å². The third kappa shape index (κ3) is 7.00. The van der Waals surface area contributed by atoms with Gasteiger partial charge in [-0.3, -0.25) is 9.13 Å². The molecule has 204 valence electrons. The molecule has 0 bridgehead atoms. The predicted octanol–water partition coefficient (Wildman–Crippen LogP) is 8.08. The normalized spacial score (nSPS) is 13.8. The van der Waals surface area contributed by atoms with Crippen LogP contribution in [0.4, 0.5) is 0 Å². The van der Waals surface area contributed by atoms with Crippen molar-refractivity contribution in [3.8, 4) is 5.75 Å². The van der Waals surface area contributed by atoms with E-state index in [1.54, 1.807) is 41.7 Å². The molecule has 9 heteroatoms. The Bertz CT molecular complexity index is 844. The van der Waals surface area contributed by atoms with Gasteiger partial charge in [0.1, 0.15) is 5.75 Å². The van der Waals surface area contributed by atoms with Crippen molar-refractivity contribution in [3.05, 3.63) is 28.8 Å². The second kappa shape index (κ2) is 12.2. The molecule has 0 unspecified atom stereocenters. The topological polar surface area (TPSA) is 80.3 Å². The minimum Gasteiger partial charge on any atom is -0.496 e. The molecule has 0 atom stereocenters. The molecule has 0 amide bonds. The van der Waals surface area contributed by atoms with Crippen molar-refractivity contribution >= 4 is 15.2 Å². The van der Waals surface area contributed by atoms with Gasteiger partial charge >= 0.3 is 15.2 Å². The summed E-state index contributed by atoms with van der Waals surface area (Å²) in [6.07, 6.45) is 0.109. The lowest BCUT2D eigenvalue weighted by molar-refractivity contribution is 0.179. The molecule has 0 spiro atoms. The average molecular weight is 535 g/mol. The van der Waals surface area contributed by atoms with Gasteiger partial charge in [0.05, 0.1) is 33.5 Å². The van der Waals surface area contributed by atoms with Gasteiger partial charge in [0.25, 0.3) is 0 Å². The Morgan fingerprint density at radius 2 is 0.971 bits per heavy atom. The zero-order valence-electron chi connectivity index (χ0n) is 23.9. The third-order valence-electron chi connectivity index (χ3n) is 5.88. The molecule has 1 rings (SSSR count). The lowest BCUT2D eigenvalue weighted by atomic mass is 9.78. The molecule has 0 saturated carbocycles. The minimum absolute atomic E-state index is 0.109. The fraction of sp³-hybridized carbons (Fsp3) is 0.769. The van der Waals surface area contributed by atoms with Gasteiger partial charge in [-0.05, 0) is 51.0 Å². The Hall–Kier alpha value is -0.680. The summed E-state index contributed by atoms with van der Waals surface area (Å²) in [5.74, 6) is 0.825. The third-order valence-corrected chi connectivity index (χ3v) is 12.4. The van der Waals surface area contributed by atoms with Crippen molar-refractivity contribution in [2.45, 2.75) is 98.3 Å². The van der Waals surface area contributed by atoms with Crippen LogP contribution >= 0.6 is 15.2 Å². The van der Waals surface area contributed by atoms with Crippen LogP contribution in [0, 0.1) is 0 Å². The first-order chi connectivity index (χ1) is 16.0. The zero-order chi connectivity index (χ0) is 27.3. The van der Waals surface area contributed by atoms with Crippen LogP contribution in [0.3, 0.4) is 0 Å². The molecule has 0 aliphatic rings. The van der Waals surface area contributed by atoms with Crippen LogP contribution in [0.15, 0.2) is 12.1 Å². The molecule has 7 nitrogen and oxygen atoms in total. The van der Waals surface area contributed by atoms with E-state index in [9.17, 15) is 9.13 Å². The van der Waals surface area contributed by atoms with Crippen LogP contribution in [0.2, 0.25) is 0 Å². The fourth-order valence-electron chi connectivity index (χ4n) is 4.17. The van der Waals surface area contributed by atoms with Crippen molar-refractivity contribution < 1.29 is 32.0 Å². The average Bonchev–Trinajstić information content (AvgIpc) is 2.72. The van der Waals surface area contributed by atoms with Crippen molar-refractivity contribution in [2.75, 3.05) is 33.5 Å². The van der Waals surface area contributed by atoms with Crippen molar-refractivity contribution in [3.63, 3.8) is 0 Å². The monoisotopic (exact) mass is 534 g/mol. The maximum absolute atomic E-state index is 14.3. The Labute approximate surface area is 213 Å². The van der Waals surface area contributed by atoms with Crippen LogP contribution < -0.4 is 4.74 Å². The van der Waals surface area contributed by atoms with Crippen LogP contribution in [-0.4, -0.2) is 38.4 Å². The molecule has 1 aromatic rings. The summed E-state index contributed by atoms with van der Waals surface area (Å²) in [7, 11) is -6.24. The molecule has 0 aliphatic carbocycles.